The van der Waals surface area contributed by atoms with E-state index in [-0.39, 0.29) is 9.79 Å². The molecule has 1 aliphatic rings. The monoisotopic (exact) mass is 368 g/mol. The number of aromatic amines is 1. The number of fused-ring (bicyclic) bond motifs is 1. The molecule has 134 valence electrons. The molecule has 3 aromatic rings. The summed E-state index contributed by atoms with van der Waals surface area (Å²) in [5.74, 6) is 0.368. The molecule has 0 unspecified atom stereocenters. The van der Waals surface area contributed by atoms with E-state index < -0.39 is 15.4 Å². The first kappa shape index (κ1) is 17.0. The lowest BCUT2D eigenvalue weighted by Gasteiger charge is -2.24. The molecule has 2 aromatic carbocycles. The minimum absolute atomic E-state index is 0.124. The highest BCUT2D eigenvalue weighted by atomic mass is 32.2. The molecule has 2 heterocycles. The van der Waals surface area contributed by atoms with E-state index >= 15 is 0 Å². The quantitative estimate of drug-likeness (QED) is 0.745. The van der Waals surface area contributed by atoms with Crippen molar-refractivity contribution in [1.82, 2.24) is 10.3 Å². The van der Waals surface area contributed by atoms with Crippen LogP contribution in [0.25, 0.3) is 10.9 Å². The van der Waals surface area contributed by atoms with E-state index in [0.717, 1.165) is 42.4 Å². The molecule has 0 aliphatic carbocycles. The van der Waals surface area contributed by atoms with Crippen LogP contribution in [0.15, 0.2) is 69.2 Å². The third kappa shape index (κ3) is 2.95. The summed E-state index contributed by atoms with van der Waals surface area (Å²) >= 11 is 0. The van der Waals surface area contributed by atoms with Crippen molar-refractivity contribution in [3.8, 4) is 0 Å². The first-order valence-corrected chi connectivity index (χ1v) is 10.2. The Morgan fingerprint density at radius 3 is 2.38 bits per heavy atom. The molecule has 0 amide bonds. The van der Waals surface area contributed by atoms with Crippen molar-refractivity contribution in [2.24, 2.45) is 0 Å². The maximum absolute atomic E-state index is 12.9. The molecule has 4 rings (SSSR count). The summed E-state index contributed by atoms with van der Waals surface area (Å²) in [7, 11) is -3.85. The van der Waals surface area contributed by atoms with Crippen molar-refractivity contribution in [2.75, 3.05) is 13.1 Å². The number of aromatic nitrogens is 1. The number of H-pyrrole nitrogens is 1. The van der Waals surface area contributed by atoms with Crippen LogP contribution in [-0.2, 0) is 9.84 Å². The largest absolute Gasteiger partial charge is 0.321 e. The number of benzene rings is 2. The van der Waals surface area contributed by atoms with Gasteiger partial charge in [0.1, 0.15) is 4.90 Å². The highest BCUT2D eigenvalue weighted by Gasteiger charge is 2.23. The fraction of sp³-hybridized carbons (Fsp3) is 0.250. The Labute approximate surface area is 152 Å². The molecule has 1 saturated heterocycles. The molecule has 0 bridgehead atoms. The number of sulfone groups is 1. The van der Waals surface area contributed by atoms with Crippen molar-refractivity contribution in [2.45, 2.75) is 28.6 Å². The molecule has 0 radical (unpaired) electrons. The summed E-state index contributed by atoms with van der Waals surface area (Å²) < 4.78 is 25.7. The number of hydrogen-bond donors (Lipinski definition) is 2. The molecule has 1 fully saturated rings. The predicted molar refractivity (Wildman–Crippen MR) is 101 cm³/mol. The van der Waals surface area contributed by atoms with Crippen molar-refractivity contribution in [3.63, 3.8) is 0 Å². The van der Waals surface area contributed by atoms with Gasteiger partial charge in [-0.25, -0.2) is 8.42 Å². The van der Waals surface area contributed by atoms with Gasteiger partial charge in [0, 0.05) is 0 Å². The highest BCUT2D eigenvalue weighted by Crippen LogP contribution is 2.31. The number of para-hydroxylation sites is 1. The first-order valence-electron chi connectivity index (χ1n) is 8.74. The smallest absolute Gasteiger partial charge is 0.267 e. The Morgan fingerprint density at radius 1 is 0.923 bits per heavy atom. The van der Waals surface area contributed by atoms with Crippen LogP contribution in [0.4, 0.5) is 0 Å². The number of nitrogens with one attached hydrogen (secondary N) is 2. The average molecular weight is 368 g/mol. The summed E-state index contributed by atoms with van der Waals surface area (Å²) in [4.78, 5) is 15.4. The first-order chi connectivity index (χ1) is 12.6. The van der Waals surface area contributed by atoms with E-state index in [9.17, 15) is 13.2 Å². The number of rotatable bonds is 3. The topological polar surface area (TPSA) is 79.0 Å². The Hall–Kier alpha value is -2.44. The Morgan fingerprint density at radius 2 is 1.65 bits per heavy atom. The minimum atomic E-state index is -3.85. The lowest BCUT2D eigenvalue weighted by Crippen LogP contribution is -2.27. The normalized spacial score (nSPS) is 16.0. The van der Waals surface area contributed by atoms with Gasteiger partial charge < -0.3 is 10.3 Å². The standard InChI is InChI=1S/C20H20N2O3S/c23-20-18(26(24,25)16-6-2-1-3-7-16)13-15-5-4-8-17(19(15)22-20)14-9-11-21-12-10-14/h1-8,13-14,21H,9-12H2,(H,22,23). The summed E-state index contributed by atoms with van der Waals surface area (Å²) in [6.07, 6.45) is 2.01. The molecule has 1 aromatic heterocycles. The zero-order valence-electron chi connectivity index (χ0n) is 14.2. The van der Waals surface area contributed by atoms with Crippen LogP contribution in [-0.4, -0.2) is 26.5 Å². The van der Waals surface area contributed by atoms with E-state index in [1.165, 1.54) is 18.2 Å². The van der Waals surface area contributed by atoms with Gasteiger partial charge in [-0.05, 0) is 61.0 Å². The Bertz CT molecular complexity index is 1100. The van der Waals surface area contributed by atoms with E-state index in [1.54, 1.807) is 18.2 Å². The van der Waals surface area contributed by atoms with Gasteiger partial charge in [0.15, 0.2) is 0 Å². The molecular formula is C20H20N2O3S. The zero-order valence-corrected chi connectivity index (χ0v) is 15.1. The SMILES string of the molecule is O=c1[nH]c2c(C3CCNCC3)cccc2cc1S(=O)(=O)c1ccccc1. The van der Waals surface area contributed by atoms with E-state index in [4.69, 9.17) is 0 Å². The summed E-state index contributed by atoms with van der Waals surface area (Å²) in [6, 6.07) is 15.4. The number of piperidine rings is 1. The van der Waals surface area contributed by atoms with Gasteiger partial charge in [-0.2, -0.15) is 0 Å². The maximum Gasteiger partial charge on any atom is 0.267 e. The summed E-state index contributed by atoms with van der Waals surface area (Å²) in [6.45, 7) is 1.90. The third-order valence-corrected chi connectivity index (χ3v) is 6.77. The van der Waals surface area contributed by atoms with Gasteiger partial charge in [0.2, 0.25) is 9.84 Å². The van der Waals surface area contributed by atoms with Crippen LogP contribution < -0.4 is 10.9 Å². The second-order valence-corrected chi connectivity index (χ2v) is 8.53. The molecule has 2 N–H and O–H groups in total. The third-order valence-electron chi connectivity index (χ3n) is 5.00. The Kier molecular flexibility index (Phi) is 4.38. The van der Waals surface area contributed by atoms with Gasteiger partial charge in [-0.3, -0.25) is 4.79 Å². The fourth-order valence-corrected chi connectivity index (χ4v) is 4.98. The maximum atomic E-state index is 12.9. The molecule has 0 saturated carbocycles. The van der Waals surface area contributed by atoms with Crippen LogP contribution in [0.1, 0.15) is 24.3 Å². The number of pyridine rings is 1. The second-order valence-electron chi connectivity index (χ2n) is 6.61. The second kappa shape index (κ2) is 6.70. The van der Waals surface area contributed by atoms with Crippen LogP contribution in [0.5, 0.6) is 0 Å². The molecule has 5 nitrogen and oxygen atoms in total. The van der Waals surface area contributed by atoms with Gasteiger partial charge in [-0.1, -0.05) is 36.4 Å². The fourth-order valence-electron chi connectivity index (χ4n) is 3.63. The molecule has 1 aliphatic heterocycles. The van der Waals surface area contributed by atoms with Gasteiger partial charge in [0.25, 0.3) is 5.56 Å². The Balaban J connectivity index is 1.87. The van der Waals surface area contributed by atoms with Gasteiger partial charge in [0.05, 0.1) is 10.4 Å². The molecule has 0 spiro atoms. The van der Waals surface area contributed by atoms with E-state index in [0.29, 0.717) is 5.92 Å². The molecular weight excluding hydrogens is 348 g/mol. The highest BCUT2D eigenvalue weighted by molar-refractivity contribution is 7.91. The van der Waals surface area contributed by atoms with Gasteiger partial charge in [-0.15, -0.1) is 0 Å². The van der Waals surface area contributed by atoms with E-state index in [2.05, 4.69) is 10.3 Å². The molecule has 0 atom stereocenters. The molecule has 6 heteroatoms. The lowest BCUT2D eigenvalue weighted by molar-refractivity contribution is 0.462. The van der Waals surface area contributed by atoms with Crippen molar-refractivity contribution in [3.05, 3.63) is 70.5 Å². The van der Waals surface area contributed by atoms with Crippen molar-refractivity contribution in [1.29, 1.82) is 0 Å². The van der Waals surface area contributed by atoms with E-state index in [1.807, 2.05) is 18.2 Å². The lowest BCUT2D eigenvalue weighted by atomic mass is 9.89. The van der Waals surface area contributed by atoms with Crippen molar-refractivity contribution >= 4 is 20.7 Å². The van der Waals surface area contributed by atoms with Crippen LogP contribution >= 0.6 is 0 Å². The van der Waals surface area contributed by atoms with Crippen LogP contribution in [0.3, 0.4) is 0 Å². The summed E-state index contributed by atoms with van der Waals surface area (Å²) in [5.41, 5.74) is 1.27. The van der Waals surface area contributed by atoms with Crippen LogP contribution in [0, 0.1) is 0 Å². The predicted octanol–water partition coefficient (Wildman–Crippen LogP) is 2.83. The minimum Gasteiger partial charge on any atom is -0.321 e. The van der Waals surface area contributed by atoms with Crippen LogP contribution in [0.2, 0.25) is 0 Å². The summed E-state index contributed by atoms with van der Waals surface area (Å²) in [5, 5.41) is 4.09. The average Bonchev–Trinajstić information content (AvgIpc) is 2.68. The zero-order chi connectivity index (χ0) is 18.1. The van der Waals surface area contributed by atoms with Gasteiger partial charge >= 0.3 is 0 Å². The van der Waals surface area contributed by atoms with Crippen molar-refractivity contribution < 1.29 is 8.42 Å². The number of hydrogen-bond acceptors (Lipinski definition) is 4. The molecule has 26 heavy (non-hydrogen) atoms.